The molecular formula is C19H17F3N2O3. The number of rotatable bonds is 2. The van der Waals surface area contributed by atoms with Gasteiger partial charge in [-0.15, -0.1) is 0 Å². The summed E-state index contributed by atoms with van der Waals surface area (Å²) in [5, 5.41) is 0.753. The number of hydrogen-bond donors (Lipinski definition) is 1. The second-order valence-electron chi connectivity index (χ2n) is 7.49. The summed E-state index contributed by atoms with van der Waals surface area (Å²) < 4.78 is 37.9. The van der Waals surface area contributed by atoms with Crippen molar-refractivity contribution in [3.8, 4) is 0 Å². The molecule has 0 spiro atoms. The molecule has 0 radical (unpaired) electrons. The van der Waals surface area contributed by atoms with Crippen LogP contribution in [0.25, 0.3) is 0 Å². The molecule has 2 fully saturated rings. The van der Waals surface area contributed by atoms with Gasteiger partial charge in [0.2, 0.25) is 0 Å². The molecule has 0 aromatic heterocycles. The summed E-state index contributed by atoms with van der Waals surface area (Å²) in [6, 6.07) is 3.61. The number of carbonyl (C=O) groups is 3. The highest BCUT2D eigenvalue weighted by Gasteiger charge is 2.65. The fourth-order valence-electron chi connectivity index (χ4n) is 4.59. The molecule has 8 heteroatoms. The van der Waals surface area contributed by atoms with Crippen molar-refractivity contribution in [2.24, 2.45) is 23.2 Å². The molecule has 27 heavy (non-hydrogen) atoms. The van der Waals surface area contributed by atoms with Crippen LogP contribution >= 0.6 is 0 Å². The third-order valence-electron chi connectivity index (χ3n) is 6.08. The summed E-state index contributed by atoms with van der Waals surface area (Å²) in [5.41, 5.74) is 0.457. The van der Waals surface area contributed by atoms with Gasteiger partial charge in [0, 0.05) is 5.56 Å². The van der Waals surface area contributed by atoms with Crippen LogP contribution in [0, 0.1) is 23.2 Å². The molecule has 4 aliphatic rings. The first-order valence-corrected chi connectivity index (χ1v) is 8.69. The molecule has 3 aliphatic carbocycles. The van der Waals surface area contributed by atoms with Gasteiger partial charge in [-0.05, 0) is 55.9 Å². The van der Waals surface area contributed by atoms with E-state index in [2.05, 4.69) is 5.43 Å². The van der Waals surface area contributed by atoms with Crippen LogP contribution in [-0.4, -0.2) is 22.7 Å². The van der Waals surface area contributed by atoms with Crippen LogP contribution in [-0.2, 0) is 15.8 Å². The van der Waals surface area contributed by atoms with E-state index in [1.807, 2.05) is 12.2 Å². The average Bonchev–Trinajstić information content (AvgIpc) is 2.84. The molecule has 1 aliphatic heterocycles. The Hall–Kier alpha value is -2.64. The number of halogens is 3. The van der Waals surface area contributed by atoms with E-state index in [0.29, 0.717) is 0 Å². The fraction of sp³-hybridized carbons (Fsp3) is 0.421. The predicted octanol–water partition coefficient (Wildman–Crippen LogP) is 2.94. The van der Waals surface area contributed by atoms with E-state index < -0.39 is 40.8 Å². The third kappa shape index (κ3) is 2.49. The number of imide groups is 1. The molecular weight excluding hydrogens is 361 g/mol. The first-order chi connectivity index (χ1) is 12.6. The monoisotopic (exact) mass is 378 g/mol. The number of fused-ring (bicyclic) bond motifs is 1. The molecule has 1 aromatic carbocycles. The zero-order valence-corrected chi connectivity index (χ0v) is 14.4. The van der Waals surface area contributed by atoms with E-state index in [9.17, 15) is 27.6 Å². The molecule has 3 amide bonds. The zero-order valence-electron chi connectivity index (χ0n) is 14.4. The number of benzene rings is 1. The Bertz CT molecular complexity index is 862. The number of hydrazine groups is 1. The SMILES string of the molecule is C[C@]12C(=O)N(NC(=O)c3ccc(C(F)(F)F)cc3)C(=O)[C@H]1C1C=CC2CC1. The first kappa shape index (κ1) is 17.8. The largest absolute Gasteiger partial charge is 0.416 e. The van der Waals surface area contributed by atoms with Gasteiger partial charge in [-0.1, -0.05) is 12.2 Å². The summed E-state index contributed by atoms with van der Waals surface area (Å²) >= 11 is 0. The Balaban J connectivity index is 1.56. The molecule has 5 rings (SSSR count). The lowest BCUT2D eigenvalue weighted by Crippen LogP contribution is -2.49. The Morgan fingerprint density at radius 1 is 1.15 bits per heavy atom. The maximum absolute atomic E-state index is 12.9. The Labute approximate surface area is 153 Å². The molecule has 142 valence electrons. The lowest BCUT2D eigenvalue weighted by atomic mass is 9.55. The van der Waals surface area contributed by atoms with Crippen LogP contribution in [0.4, 0.5) is 13.2 Å². The topological polar surface area (TPSA) is 66.5 Å². The minimum absolute atomic E-state index is 0.0376. The normalized spacial score (nSPS) is 32.0. The highest BCUT2D eigenvalue weighted by molar-refractivity contribution is 6.10. The number of carbonyl (C=O) groups excluding carboxylic acids is 3. The number of amides is 3. The van der Waals surface area contributed by atoms with Crippen molar-refractivity contribution in [2.45, 2.75) is 25.9 Å². The van der Waals surface area contributed by atoms with Gasteiger partial charge in [0.25, 0.3) is 17.7 Å². The summed E-state index contributed by atoms with van der Waals surface area (Å²) in [6.07, 6.45) is 1.06. The molecule has 1 saturated heterocycles. The van der Waals surface area contributed by atoms with Gasteiger partial charge in [-0.3, -0.25) is 19.8 Å². The van der Waals surface area contributed by atoms with Crippen molar-refractivity contribution in [3.05, 3.63) is 47.5 Å². The summed E-state index contributed by atoms with van der Waals surface area (Å²) in [6.45, 7) is 1.75. The van der Waals surface area contributed by atoms with Crippen LogP contribution in [0.2, 0.25) is 0 Å². The number of nitrogens with zero attached hydrogens (tertiary/aromatic N) is 1. The molecule has 4 atom stereocenters. The lowest BCUT2D eigenvalue weighted by Gasteiger charge is -2.45. The van der Waals surface area contributed by atoms with Gasteiger partial charge >= 0.3 is 6.18 Å². The zero-order chi connectivity index (χ0) is 19.6. The molecule has 1 aromatic rings. The fourth-order valence-corrected chi connectivity index (χ4v) is 4.59. The smallest absolute Gasteiger partial charge is 0.272 e. The van der Waals surface area contributed by atoms with Crippen molar-refractivity contribution < 1.29 is 27.6 Å². The number of allylic oxidation sites excluding steroid dienone is 2. The van der Waals surface area contributed by atoms with Crippen molar-refractivity contribution in [3.63, 3.8) is 0 Å². The second kappa shape index (κ2) is 5.68. The van der Waals surface area contributed by atoms with Gasteiger partial charge in [-0.2, -0.15) is 18.2 Å². The molecule has 2 unspecified atom stereocenters. The standard InChI is InChI=1S/C19H17F3N2O3/c1-18-12-6-2-10(3-7-12)14(18)16(26)24(17(18)27)23-15(25)11-4-8-13(9-5-11)19(20,21)22/h2,4-6,8-10,12,14H,3,7H2,1H3,(H,23,25)/t10?,12?,14-,18-/m1/s1. The van der Waals surface area contributed by atoms with Crippen molar-refractivity contribution in [1.82, 2.24) is 10.4 Å². The third-order valence-corrected chi connectivity index (χ3v) is 6.08. The molecule has 1 heterocycles. The Morgan fingerprint density at radius 3 is 2.33 bits per heavy atom. The highest BCUT2D eigenvalue weighted by Crippen LogP contribution is 2.57. The van der Waals surface area contributed by atoms with Gasteiger partial charge in [-0.25, -0.2) is 0 Å². The minimum atomic E-state index is -4.51. The number of nitrogens with one attached hydrogen (secondary N) is 1. The second-order valence-corrected chi connectivity index (χ2v) is 7.49. The number of hydrogen-bond acceptors (Lipinski definition) is 3. The van der Waals surface area contributed by atoms with E-state index in [0.717, 1.165) is 42.1 Å². The van der Waals surface area contributed by atoms with Crippen LogP contribution in [0.5, 0.6) is 0 Å². The summed E-state index contributed by atoms with van der Waals surface area (Å²) in [5.74, 6) is -2.32. The van der Waals surface area contributed by atoms with E-state index in [4.69, 9.17) is 0 Å². The van der Waals surface area contributed by atoms with Crippen molar-refractivity contribution >= 4 is 17.7 Å². The lowest BCUT2D eigenvalue weighted by molar-refractivity contribution is -0.144. The van der Waals surface area contributed by atoms with Crippen molar-refractivity contribution in [1.29, 1.82) is 0 Å². The van der Waals surface area contributed by atoms with E-state index in [1.54, 1.807) is 6.92 Å². The van der Waals surface area contributed by atoms with E-state index in [1.165, 1.54) is 0 Å². The predicted molar refractivity (Wildman–Crippen MR) is 87.7 cm³/mol. The van der Waals surface area contributed by atoms with Crippen LogP contribution in [0.15, 0.2) is 36.4 Å². The summed E-state index contributed by atoms with van der Waals surface area (Å²) in [4.78, 5) is 38.1. The van der Waals surface area contributed by atoms with Gasteiger partial charge in [0.05, 0.1) is 16.9 Å². The average molecular weight is 378 g/mol. The van der Waals surface area contributed by atoms with E-state index in [-0.39, 0.29) is 17.4 Å². The Morgan fingerprint density at radius 2 is 1.81 bits per heavy atom. The van der Waals surface area contributed by atoms with Crippen molar-refractivity contribution in [2.75, 3.05) is 0 Å². The molecule has 2 bridgehead atoms. The maximum Gasteiger partial charge on any atom is 0.416 e. The molecule has 1 N–H and O–H groups in total. The molecule has 5 nitrogen and oxygen atoms in total. The number of alkyl halides is 3. The van der Waals surface area contributed by atoms with Crippen LogP contribution in [0.1, 0.15) is 35.7 Å². The van der Waals surface area contributed by atoms with Gasteiger partial charge < -0.3 is 0 Å². The minimum Gasteiger partial charge on any atom is -0.272 e. The maximum atomic E-state index is 12.9. The van der Waals surface area contributed by atoms with Crippen LogP contribution < -0.4 is 5.43 Å². The van der Waals surface area contributed by atoms with Crippen LogP contribution in [0.3, 0.4) is 0 Å². The van der Waals surface area contributed by atoms with E-state index >= 15 is 0 Å². The Kier molecular flexibility index (Phi) is 3.73. The summed E-state index contributed by atoms with van der Waals surface area (Å²) in [7, 11) is 0. The first-order valence-electron chi connectivity index (χ1n) is 8.69. The van der Waals surface area contributed by atoms with Gasteiger partial charge in [0.1, 0.15) is 0 Å². The highest BCUT2D eigenvalue weighted by atomic mass is 19.4. The van der Waals surface area contributed by atoms with Gasteiger partial charge in [0.15, 0.2) is 0 Å². The molecule has 1 saturated carbocycles. The quantitative estimate of drug-likeness (QED) is 0.636.